The molecule has 7 heteroatoms. The van der Waals surface area contributed by atoms with E-state index in [4.69, 9.17) is 0 Å². The van der Waals surface area contributed by atoms with E-state index in [1.165, 1.54) is 17.7 Å². The van der Waals surface area contributed by atoms with Crippen LogP contribution in [0.1, 0.15) is 5.69 Å². The van der Waals surface area contributed by atoms with Gasteiger partial charge in [0.2, 0.25) is 0 Å². The van der Waals surface area contributed by atoms with Crippen molar-refractivity contribution in [3.05, 3.63) is 37.7 Å². The zero-order valence-corrected chi connectivity index (χ0v) is 9.93. The topological polar surface area (TPSA) is 70.7 Å². The van der Waals surface area contributed by atoms with E-state index in [9.17, 15) is 4.79 Å². The van der Waals surface area contributed by atoms with Crippen LogP contribution in [0.15, 0.2) is 26.5 Å². The predicted octanol–water partition coefficient (Wildman–Crippen LogP) is 1.60. The molecule has 0 saturated heterocycles. The molecule has 0 aromatic carbocycles. The molecule has 2 heterocycles. The molecule has 5 nitrogen and oxygen atoms in total. The predicted molar refractivity (Wildman–Crippen MR) is 62.0 cm³/mol. The van der Waals surface area contributed by atoms with Crippen molar-refractivity contribution < 1.29 is 0 Å². The highest BCUT2D eigenvalue weighted by molar-refractivity contribution is 9.10. The van der Waals surface area contributed by atoms with Crippen molar-refractivity contribution in [2.45, 2.75) is 6.54 Å². The second-order valence-corrected chi connectivity index (χ2v) is 4.24. The smallest absolute Gasteiger partial charge is 0.267 e. The highest BCUT2D eigenvalue weighted by Crippen LogP contribution is 2.14. The lowest BCUT2D eigenvalue weighted by atomic mass is 10.4. The van der Waals surface area contributed by atoms with E-state index < -0.39 is 0 Å². The SMILES string of the molecule is O=c1[nH]cnc(NCc2cscn2)c1Br. The van der Waals surface area contributed by atoms with E-state index in [1.54, 1.807) is 5.51 Å². The molecule has 0 spiro atoms. The minimum absolute atomic E-state index is 0.203. The summed E-state index contributed by atoms with van der Waals surface area (Å²) in [5.74, 6) is 0.520. The van der Waals surface area contributed by atoms with Gasteiger partial charge in [-0.15, -0.1) is 11.3 Å². The van der Waals surface area contributed by atoms with Crippen LogP contribution in [0, 0.1) is 0 Å². The van der Waals surface area contributed by atoms with Gasteiger partial charge in [0.15, 0.2) is 0 Å². The Morgan fingerprint density at radius 3 is 3.13 bits per heavy atom. The van der Waals surface area contributed by atoms with Crippen LogP contribution in [-0.4, -0.2) is 15.0 Å². The van der Waals surface area contributed by atoms with Crippen LogP contribution in [0.3, 0.4) is 0 Å². The number of hydrogen-bond acceptors (Lipinski definition) is 5. The van der Waals surface area contributed by atoms with Crippen LogP contribution in [0.2, 0.25) is 0 Å². The van der Waals surface area contributed by atoms with E-state index in [-0.39, 0.29) is 5.56 Å². The molecule has 0 atom stereocenters. The second-order valence-electron chi connectivity index (χ2n) is 2.73. The normalized spacial score (nSPS) is 10.2. The van der Waals surface area contributed by atoms with Crippen LogP contribution in [-0.2, 0) is 6.54 Å². The number of halogens is 1. The lowest BCUT2D eigenvalue weighted by molar-refractivity contribution is 1.02. The van der Waals surface area contributed by atoms with Crippen LogP contribution in [0.4, 0.5) is 5.82 Å². The van der Waals surface area contributed by atoms with Gasteiger partial charge in [0.1, 0.15) is 10.3 Å². The number of hydrogen-bond donors (Lipinski definition) is 2. The molecule has 0 aliphatic rings. The van der Waals surface area contributed by atoms with Crippen molar-refractivity contribution in [1.82, 2.24) is 15.0 Å². The first-order valence-corrected chi connectivity index (χ1v) is 5.85. The molecule has 78 valence electrons. The number of aromatic nitrogens is 3. The summed E-state index contributed by atoms with van der Waals surface area (Å²) in [7, 11) is 0. The van der Waals surface area contributed by atoms with Crippen molar-refractivity contribution in [3.63, 3.8) is 0 Å². The highest BCUT2D eigenvalue weighted by Gasteiger charge is 2.04. The van der Waals surface area contributed by atoms with E-state index in [0.717, 1.165) is 5.69 Å². The van der Waals surface area contributed by atoms with Crippen LogP contribution in [0.5, 0.6) is 0 Å². The number of thiazole rings is 1. The molecule has 2 N–H and O–H groups in total. The lowest BCUT2D eigenvalue weighted by Gasteiger charge is -2.03. The molecule has 0 amide bonds. The van der Waals surface area contributed by atoms with Crippen molar-refractivity contribution in [2.24, 2.45) is 0 Å². The molecule has 2 aromatic heterocycles. The van der Waals surface area contributed by atoms with E-state index in [1.807, 2.05) is 5.38 Å². The number of nitrogens with one attached hydrogen (secondary N) is 2. The second kappa shape index (κ2) is 4.54. The van der Waals surface area contributed by atoms with Crippen LogP contribution in [0.25, 0.3) is 0 Å². The van der Waals surface area contributed by atoms with Gasteiger partial charge in [-0.1, -0.05) is 0 Å². The standard InChI is InChI=1S/C8H7BrN4OS/c9-6-7(11-3-12-8(6)14)10-1-5-2-15-4-13-5/h2-4H,1H2,(H2,10,11,12,14). The summed E-state index contributed by atoms with van der Waals surface area (Å²) >= 11 is 4.69. The van der Waals surface area contributed by atoms with Gasteiger partial charge in [0, 0.05) is 5.38 Å². The third-order valence-corrected chi connectivity index (χ3v) is 3.09. The third kappa shape index (κ3) is 2.42. The maximum Gasteiger partial charge on any atom is 0.267 e. The first-order valence-electron chi connectivity index (χ1n) is 4.11. The van der Waals surface area contributed by atoms with E-state index in [2.05, 4.69) is 36.2 Å². The summed E-state index contributed by atoms with van der Waals surface area (Å²) in [6, 6.07) is 0. The van der Waals surface area contributed by atoms with Gasteiger partial charge < -0.3 is 10.3 Å². The maximum atomic E-state index is 11.2. The average molecular weight is 287 g/mol. The molecule has 0 aliphatic heterocycles. The van der Waals surface area contributed by atoms with Gasteiger partial charge in [0.25, 0.3) is 5.56 Å². The summed E-state index contributed by atoms with van der Waals surface area (Å²) in [6.07, 6.45) is 1.36. The van der Waals surface area contributed by atoms with Gasteiger partial charge in [0.05, 0.1) is 24.1 Å². The zero-order valence-electron chi connectivity index (χ0n) is 7.53. The minimum Gasteiger partial charge on any atom is -0.363 e. The Kier molecular flexibility index (Phi) is 3.12. The van der Waals surface area contributed by atoms with Gasteiger partial charge in [-0.05, 0) is 15.9 Å². The Hall–Kier alpha value is -1.21. The van der Waals surface area contributed by atoms with E-state index in [0.29, 0.717) is 16.8 Å². The van der Waals surface area contributed by atoms with Crippen molar-refractivity contribution >= 4 is 33.1 Å². The molecular formula is C8H7BrN4OS. The molecule has 0 radical (unpaired) electrons. The summed E-state index contributed by atoms with van der Waals surface area (Å²) in [4.78, 5) is 21.8. The molecule has 2 rings (SSSR count). The molecule has 0 fully saturated rings. The Balaban J connectivity index is 2.12. The van der Waals surface area contributed by atoms with Crippen LogP contribution >= 0.6 is 27.3 Å². The highest BCUT2D eigenvalue weighted by atomic mass is 79.9. The molecule has 0 unspecified atom stereocenters. The fraction of sp³-hybridized carbons (Fsp3) is 0.125. The quantitative estimate of drug-likeness (QED) is 0.899. The number of anilines is 1. The third-order valence-electron chi connectivity index (χ3n) is 1.72. The van der Waals surface area contributed by atoms with Gasteiger partial charge >= 0.3 is 0 Å². The van der Waals surface area contributed by atoms with Gasteiger partial charge in [-0.3, -0.25) is 4.79 Å². The van der Waals surface area contributed by atoms with Gasteiger partial charge in [-0.2, -0.15) is 0 Å². The summed E-state index contributed by atoms with van der Waals surface area (Å²) < 4.78 is 0.403. The molecule has 2 aromatic rings. The number of rotatable bonds is 3. The fourth-order valence-corrected chi connectivity index (χ4v) is 1.92. The van der Waals surface area contributed by atoms with Crippen LogP contribution < -0.4 is 10.9 Å². The summed E-state index contributed by atoms with van der Waals surface area (Å²) in [5, 5.41) is 4.96. The monoisotopic (exact) mass is 286 g/mol. The number of nitrogens with zero attached hydrogens (tertiary/aromatic N) is 2. The lowest BCUT2D eigenvalue weighted by Crippen LogP contribution is -2.12. The first kappa shape index (κ1) is 10.3. The molecule has 0 bridgehead atoms. The van der Waals surface area contributed by atoms with Crippen molar-refractivity contribution in [1.29, 1.82) is 0 Å². The fourth-order valence-electron chi connectivity index (χ4n) is 1.01. The Morgan fingerprint density at radius 1 is 1.53 bits per heavy atom. The summed E-state index contributed by atoms with van der Waals surface area (Å²) in [5.41, 5.74) is 2.48. The average Bonchev–Trinajstić information content (AvgIpc) is 2.73. The maximum absolute atomic E-state index is 11.2. The first-order chi connectivity index (χ1) is 7.27. The van der Waals surface area contributed by atoms with Crippen molar-refractivity contribution in [2.75, 3.05) is 5.32 Å². The van der Waals surface area contributed by atoms with Gasteiger partial charge in [-0.25, -0.2) is 9.97 Å². The largest absolute Gasteiger partial charge is 0.363 e. The van der Waals surface area contributed by atoms with E-state index >= 15 is 0 Å². The summed E-state index contributed by atoms with van der Waals surface area (Å²) in [6.45, 7) is 0.554. The number of aromatic amines is 1. The Morgan fingerprint density at radius 2 is 2.40 bits per heavy atom. The zero-order chi connectivity index (χ0) is 10.7. The molecular weight excluding hydrogens is 280 g/mol. The molecule has 0 saturated carbocycles. The minimum atomic E-state index is -0.203. The van der Waals surface area contributed by atoms with Crippen molar-refractivity contribution in [3.8, 4) is 0 Å². The Bertz CT molecular complexity index is 496. The molecule has 15 heavy (non-hydrogen) atoms. The Labute approximate surface area is 97.7 Å². The molecule has 0 aliphatic carbocycles. The number of H-pyrrole nitrogens is 1.